The average Bonchev–Trinajstić information content (AvgIpc) is 1.59. The summed E-state index contributed by atoms with van der Waals surface area (Å²) < 4.78 is 0. The second-order valence-electron chi connectivity index (χ2n) is 43.9. The summed E-state index contributed by atoms with van der Waals surface area (Å²) >= 11 is 0. The molecule has 0 radical (unpaired) electrons. The van der Waals surface area contributed by atoms with E-state index in [0.717, 1.165) is 39.8 Å². The van der Waals surface area contributed by atoms with Gasteiger partial charge in [0.2, 0.25) is 0 Å². The lowest BCUT2D eigenvalue weighted by atomic mass is 9.81. The number of benzene rings is 21. The normalized spacial score (nSPS) is 14.4. The minimum Gasteiger partial charge on any atom is -0.310 e. The van der Waals surface area contributed by atoms with Crippen molar-refractivity contribution in [3.63, 3.8) is 0 Å². The molecule has 3 nitrogen and oxygen atoms in total. The second kappa shape index (κ2) is 35.5. The largest absolute Gasteiger partial charge is 0.310 e. The van der Waals surface area contributed by atoms with Crippen LogP contribution in [0.3, 0.4) is 0 Å². The zero-order valence-corrected chi connectivity index (χ0v) is 85.6. The predicted molar refractivity (Wildman–Crippen MR) is 621 cm³/mol. The summed E-state index contributed by atoms with van der Waals surface area (Å²) in [6.45, 7) is 28.3. The summed E-state index contributed by atoms with van der Waals surface area (Å²) in [6, 6.07) is 181. The molecule has 21 aromatic rings. The molecule has 0 N–H and O–H groups in total. The van der Waals surface area contributed by atoms with Crippen LogP contribution in [0.25, 0.3) is 134 Å². The maximum absolute atomic E-state index is 2.42. The lowest BCUT2D eigenvalue weighted by Crippen LogP contribution is -2.16. The minimum absolute atomic E-state index is 0.0144. The van der Waals surface area contributed by atoms with E-state index in [-0.39, 0.29) is 32.5 Å². The van der Waals surface area contributed by atoms with Crippen LogP contribution < -0.4 is 14.7 Å². The van der Waals surface area contributed by atoms with Gasteiger partial charge in [-0.1, -0.05) is 435 Å². The predicted octanol–water partition coefficient (Wildman–Crippen LogP) is 39.3. The van der Waals surface area contributed by atoms with E-state index in [2.05, 4.69) is 589 Å². The van der Waals surface area contributed by atoms with Crippen LogP contribution in [0, 0.1) is 0 Å². The molecular formula is C144H117N3. The Morgan fingerprint density at radius 3 is 0.653 bits per heavy atom. The van der Waals surface area contributed by atoms with Crippen LogP contribution in [0.5, 0.6) is 0 Å². The summed E-state index contributed by atoms with van der Waals surface area (Å²) in [7, 11) is 0. The Morgan fingerprint density at radius 2 is 0.306 bits per heavy atom. The van der Waals surface area contributed by atoms with Gasteiger partial charge in [-0.15, -0.1) is 0 Å². The highest BCUT2D eigenvalue weighted by Gasteiger charge is 2.43. The van der Waals surface area contributed by atoms with Crippen molar-refractivity contribution in [1.82, 2.24) is 0 Å². The first-order valence-electron chi connectivity index (χ1n) is 52.1. The van der Waals surface area contributed by atoms with Crippen molar-refractivity contribution in [3.8, 4) is 134 Å². The van der Waals surface area contributed by atoms with Gasteiger partial charge in [-0.3, -0.25) is 0 Å². The molecule has 0 amide bonds. The summed E-state index contributed by atoms with van der Waals surface area (Å²) in [6.07, 6.45) is 0. The summed E-state index contributed by atoms with van der Waals surface area (Å²) in [5.41, 5.74) is 57.8. The Hall–Kier alpha value is -17.0. The molecule has 6 aliphatic rings. The van der Waals surface area contributed by atoms with Crippen LogP contribution in [0.4, 0.5) is 51.2 Å². The molecule has 3 heteroatoms. The van der Waals surface area contributed by atoms with Crippen molar-refractivity contribution in [2.45, 2.75) is 116 Å². The molecule has 0 heterocycles. The van der Waals surface area contributed by atoms with Gasteiger partial charge in [0.15, 0.2) is 0 Å². The topological polar surface area (TPSA) is 9.72 Å². The number of para-hydroxylation sites is 3. The van der Waals surface area contributed by atoms with Gasteiger partial charge in [0, 0.05) is 83.7 Å². The first-order valence-corrected chi connectivity index (χ1v) is 52.1. The minimum atomic E-state index is -0.130. The van der Waals surface area contributed by atoms with Gasteiger partial charge in [0.25, 0.3) is 0 Å². The van der Waals surface area contributed by atoms with Gasteiger partial charge in [-0.25, -0.2) is 0 Å². The summed E-state index contributed by atoms with van der Waals surface area (Å²) in [5.74, 6) is 0. The Balaban J connectivity index is 0.000000115. The molecule has 0 saturated carbocycles. The van der Waals surface area contributed by atoms with E-state index in [1.807, 2.05) is 0 Å². The fourth-order valence-corrected chi connectivity index (χ4v) is 25.3. The van der Waals surface area contributed by atoms with Crippen LogP contribution in [0.2, 0.25) is 0 Å². The van der Waals surface area contributed by atoms with Gasteiger partial charge < -0.3 is 14.7 Å². The van der Waals surface area contributed by atoms with E-state index >= 15 is 0 Å². The van der Waals surface area contributed by atoms with Crippen LogP contribution in [0.15, 0.2) is 491 Å². The summed E-state index contributed by atoms with van der Waals surface area (Å²) in [5, 5.41) is 0. The van der Waals surface area contributed by atoms with Gasteiger partial charge in [-0.2, -0.15) is 0 Å². The molecule has 0 spiro atoms. The Kier molecular flexibility index (Phi) is 22.0. The number of hydrogen-bond acceptors (Lipinski definition) is 3. The lowest BCUT2D eigenvalue weighted by molar-refractivity contribution is 0.660. The van der Waals surface area contributed by atoms with Gasteiger partial charge in [-0.05, 0) is 340 Å². The third-order valence-electron chi connectivity index (χ3n) is 33.2. The molecule has 0 unspecified atom stereocenters. The smallest absolute Gasteiger partial charge is 0.0465 e. The molecule has 147 heavy (non-hydrogen) atoms. The quantitative estimate of drug-likeness (QED) is 0.101. The summed E-state index contributed by atoms with van der Waals surface area (Å²) in [4.78, 5) is 7.17. The van der Waals surface area contributed by atoms with Crippen molar-refractivity contribution in [2.24, 2.45) is 0 Å². The lowest BCUT2D eigenvalue weighted by Gasteiger charge is -2.28. The monoisotopic (exact) mass is 1890 g/mol. The van der Waals surface area contributed by atoms with Gasteiger partial charge in [0.05, 0.1) is 0 Å². The van der Waals surface area contributed by atoms with E-state index < -0.39 is 0 Å². The molecule has 708 valence electrons. The molecule has 0 atom stereocenters. The molecule has 0 saturated heterocycles. The number of hydrogen-bond donors (Lipinski definition) is 0. The molecule has 27 rings (SSSR count). The Morgan fingerprint density at radius 1 is 0.109 bits per heavy atom. The van der Waals surface area contributed by atoms with E-state index in [9.17, 15) is 0 Å². The first kappa shape index (κ1) is 91.2. The molecule has 0 fully saturated rings. The van der Waals surface area contributed by atoms with Crippen LogP contribution in [-0.2, 0) is 32.5 Å². The van der Waals surface area contributed by atoms with Crippen molar-refractivity contribution >= 4 is 51.2 Å². The van der Waals surface area contributed by atoms with E-state index in [0.29, 0.717) is 0 Å². The van der Waals surface area contributed by atoms with E-state index in [1.165, 1.54) is 212 Å². The molecule has 0 bridgehead atoms. The van der Waals surface area contributed by atoms with Crippen LogP contribution in [-0.4, -0.2) is 0 Å². The number of rotatable bonds is 15. The van der Waals surface area contributed by atoms with Crippen molar-refractivity contribution in [3.05, 3.63) is 558 Å². The third-order valence-corrected chi connectivity index (χ3v) is 33.2. The first-order chi connectivity index (χ1) is 71.4. The Bertz CT molecular complexity index is 8700. The Labute approximate surface area is 866 Å². The van der Waals surface area contributed by atoms with Crippen LogP contribution in [0.1, 0.15) is 150 Å². The van der Waals surface area contributed by atoms with E-state index in [1.54, 1.807) is 0 Å². The molecule has 0 aromatic heterocycles. The maximum atomic E-state index is 2.42. The number of nitrogens with zero attached hydrogens (tertiary/aromatic N) is 3. The highest BCUT2D eigenvalue weighted by Crippen LogP contribution is 2.60. The molecule has 0 aliphatic heterocycles. The highest BCUT2D eigenvalue weighted by atomic mass is 15.2. The number of anilines is 9. The number of fused-ring (bicyclic) bond motifs is 18. The third kappa shape index (κ3) is 15.4. The standard InChI is InChI=1S/3C48H39N/c1-47(2)42-20-12-11-18-41(42)46-38(19-13-21-43(46)47)33-22-25-36(26-23-33)49(35-16-9-6-10-17-35)37-27-29-40-39-28-24-34(32-14-7-5-8-15-32)30-44(39)48(3,4)45(40)31-37;1-47(2)43-18-12-11-17-39(43)40-26-22-35(30-44(40)47)33-19-23-37(24-20-33)49(36-15-9-6-10-16-36)38-25-28-42-41-27-21-34(32-13-7-5-8-14-32)29-45(41)48(3,4)46(42)31-38;1-47(2)43-18-12-11-17-39(43)42-29-34(22-28-44(42)47)33-19-23-37(24-20-33)49(36-15-9-6-10-16-36)38-25-27-41-40-26-21-35(32-13-7-5-8-14-32)30-45(40)48(3,4)46(41)31-38/h3*5-31H,1-4H3. The van der Waals surface area contributed by atoms with Crippen molar-refractivity contribution in [1.29, 1.82) is 0 Å². The van der Waals surface area contributed by atoms with Crippen molar-refractivity contribution < 1.29 is 0 Å². The van der Waals surface area contributed by atoms with Crippen LogP contribution >= 0.6 is 0 Å². The van der Waals surface area contributed by atoms with Gasteiger partial charge >= 0.3 is 0 Å². The fraction of sp³-hybridized carbons (Fsp3) is 0.125. The molecule has 6 aliphatic carbocycles. The molecular weight excluding hydrogens is 1770 g/mol. The highest BCUT2D eigenvalue weighted by molar-refractivity contribution is 5.97. The zero-order valence-electron chi connectivity index (χ0n) is 85.6. The maximum Gasteiger partial charge on any atom is 0.0465 e. The zero-order chi connectivity index (χ0) is 100.0. The average molecular weight is 1890 g/mol. The van der Waals surface area contributed by atoms with Gasteiger partial charge in [0.1, 0.15) is 0 Å². The molecule has 21 aromatic carbocycles. The SMILES string of the molecule is CC1(C)c2cc(-c3ccccc3)ccc2-c2ccc(N(c3ccccc3)c3ccc(-c4cccc5c4-c4ccccc4C5(C)C)cc3)cc21.CC1(C)c2ccccc2-c2cc(-c3ccc(N(c4ccccc4)c4ccc5c(c4)C(C)(C)c4cc(-c6ccccc6)ccc4-5)cc3)ccc21.CC1(C)c2ccccc2-c2ccc(-c3ccc(N(c4ccccc4)c4ccc5c(c4)C(C)(C)c4cc(-c6ccccc6)ccc4-5)cc3)cc21. The fourth-order valence-electron chi connectivity index (χ4n) is 25.3. The van der Waals surface area contributed by atoms with Crippen molar-refractivity contribution in [2.75, 3.05) is 14.7 Å². The van der Waals surface area contributed by atoms with E-state index in [4.69, 9.17) is 0 Å². The second-order valence-corrected chi connectivity index (χ2v) is 43.9.